The van der Waals surface area contributed by atoms with Gasteiger partial charge in [0.25, 0.3) is 5.91 Å². The van der Waals surface area contributed by atoms with Crippen LogP contribution in [-0.4, -0.2) is 60.0 Å². The Morgan fingerprint density at radius 3 is 2.50 bits per heavy atom. The number of nitrogens with zero attached hydrogens (tertiary/aromatic N) is 2. The molecule has 0 spiro atoms. The first-order chi connectivity index (χ1) is 18.3. The molecule has 1 aliphatic heterocycles. The van der Waals surface area contributed by atoms with Crippen LogP contribution in [0.3, 0.4) is 0 Å². The van der Waals surface area contributed by atoms with Gasteiger partial charge in [0, 0.05) is 31.9 Å². The van der Waals surface area contributed by atoms with E-state index in [0.29, 0.717) is 44.7 Å². The number of pyridine rings is 1. The molecule has 1 aliphatic rings. The molecule has 10 nitrogen and oxygen atoms in total. The van der Waals surface area contributed by atoms with E-state index in [1.54, 1.807) is 24.5 Å². The first-order valence-electron chi connectivity index (χ1n) is 13.0. The zero-order valence-electron chi connectivity index (χ0n) is 22.3. The molecular formula is C28H38N6O4. The minimum atomic E-state index is -0.934. The summed E-state index contributed by atoms with van der Waals surface area (Å²) in [5, 5.41) is 17.1. The Hall–Kier alpha value is -3.95. The molecule has 0 bridgehead atoms. The normalized spacial score (nSPS) is 17.7. The maximum absolute atomic E-state index is 13.6. The van der Waals surface area contributed by atoms with E-state index in [9.17, 15) is 14.4 Å². The van der Waals surface area contributed by atoms with E-state index < -0.39 is 17.7 Å². The van der Waals surface area contributed by atoms with Gasteiger partial charge >= 0.3 is 6.09 Å². The van der Waals surface area contributed by atoms with Crippen LogP contribution in [0.1, 0.15) is 50.7 Å². The molecule has 0 radical (unpaired) electrons. The van der Waals surface area contributed by atoms with Crippen molar-refractivity contribution in [2.75, 3.05) is 20.2 Å². The van der Waals surface area contributed by atoms with Gasteiger partial charge in [-0.3, -0.25) is 24.9 Å². The molecule has 1 fully saturated rings. The number of benzene rings is 1. The Labute approximate surface area is 224 Å². The van der Waals surface area contributed by atoms with Gasteiger partial charge in [0.1, 0.15) is 11.6 Å². The number of alkyl carbamates (subject to hydrolysis) is 1. The molecule has 2 heterocycles. The number of ether oxygens (including phenoxy) is 1. The molecule has 3 rings (SSSR count). The lowest BCUT2D eigenvalue weighted by Crippen LogP contribution is -2.48. The number of carbonyl (C=O) groups is 3. The fraction of sp³-hybridized carbons (Fsp3) is 0.464. The van der Waals surface area contributed by atoms with Gasteiger partial charge in [-0.15, -0.1) is 0 Å². The van der Waals surface area contributed by atoms with Crippen LogP contribution in [0.25, 0.3) is 0 Å². The van der Waals surface area contributed by atoms with Crippen molar-refractivity contribution in [3.63, 3.8) is 0 Å². The highest BCUT2D eigenvalue weighted by Crippen LogP contribution is 2.34. The maximum Gasteiger partial charge on any atom is 0.407 e. The number of methoxy groups -OCH3 is 1. The molecule has 2 atom stereocenters. The van der Waals surface area contributed by atoms with E-state index in [2.05, 4.69) is 39.5 Å². The van der Waals surface area contributed by atoms with E-state index >= 15 is 0 Å². The molecule has 1 aromatic carbocycles. The lowest BCUT2D eigenvalue weighted by molar-refractivity contribution is -0.132. The minimum absolute atomic E-state index is 0.103. The van der Waals surface area contributed by atoms with Crippen molar-refractivity contribution in [2.24, 2.45) is 5.92 Å². The summed E-state index contributed by atoms with van der Waals surface area (Å²) in [5.41, 5.74) is 0.786. The van der Waals surface area contributed by atoms with Crippen LogP contribution in [0.2, 0.25) is 0 Å². The van der Waals surface area contributed by atoms with E-state index in [1.165, 1.54) is 12.0 Å². The van der Waals surface area contributed by atoms with Gasteiger partial charge in [-0.2, -0.15) is 0 Å². The lowest BCUT2D eigenvalue weighted by atomic mass is 9.83. The highest BCUT2D eigenvalue weighted by Gasteiger charge is 2.50. The SMILES string of the molecule is COC(=O)N[C@@H](Cc1ccncc1)C(=O)NCCCCN1C(=N)NC(CCC(C)C)(c2ccccc2)C1=O. The van der Waals surface area contributed by atoms with E-state index in [1.807, 2.05) is 30.3 Å². The van der Waals surface area contributed by atoms with Gasteiger partial charge in [-0.1, -0.05) is 44.2 Å². The fourth-order valence-electron chi connectivity index (χ4n) is 4.50. The molecule has 0 saturated carbocycles. The van der Waals surface area contributed by atoms with Crippen LogP contribution in [0.15, 0.2) is 54.9 Å². The fourth-order valence-corrected chi connectivity index (χ4v) is 4.50. The summed E-state index contributed by atoms with van der Waals surface area (Å²) in [7, 11) is 1.25. The third kappa shape index (κ3) is 7.30. The van der Waals surface area contributed by atoms with E-state index in [0.717, 1.165) is 17.5 Å². The average Bonchev–Trinajstić information content (AvgIpc) is 3.17. The summed E-state index contributed by atoms with van der Waals surface area (Å²) in [6.45, 7) is 4.99. The Morgan fingerprint density at radius 1 is 1.13 bits per heavy atom. The second-order valence-corrected chi connectivity index (χ2v) is 9.88. The number of carbonyl (C=O) groups excluding carboxylic acids is 3. The Balaban J connectivity index is 1.55. The van der Waals surface area contributed by atoms with Crippen molar-refractivity contribution in [2.45, 2.75) is 57.5 Å². The van der Waals surface area contributed by atoms with Gasteiger partial charge in [0.2, 0.25) is 5.91 Å². The average molecular weight is 523 g/mol. The molecule has 10 heteroatoms. The van der Waals surface area contributed by atoms with Gasteiger partial charge in [-0.05, 0) is 54.9 Å². The van der Waals surface area contributed by atoms with Crippen molar-refractivity contribution in [3.8, 4) is 0 Å². The quantitative estimate of drug-likeness (QED) is 0.299. The third-order valence-corrected chi connectivity index (χ3v) is 6.67. The third-order valence-electron chi connectivity index (χ3n) is 6.67. The van der Waals surface area contributed by atoms with Gasteiger partial charge in [-0.25, -0.2) is 4.79 Å². The number of amides is 3. The Bertz CT molecular complexity index is 1100. The van der Waals surface area contributed by atoms with Crippen LogP contribution in [-0.2, 0) is 26.3 Å². The summed E-state index contributed by atoms with van der Waals surface area (Å²) in [4.78, 5) is 43.6. The number of aromatic nitrogens is 1. The summed E-state index contributed by atoms with van der Waals surface area (Å²) >= 11 is 0. The largest absolute Gasteiger partial charge is 0.453 e. The number of unbranched alkanes of at least 4 members (excludes halogenated alkanes) is 1. The van der Waals surface area contributed by atoms with Gasteiger partial charge in [0.15, 0.2) is 5.96 Å². The molecule has 2 aromatic rings. The monoisotopic (exact) mass is 522 g/mol. The Kier molecular flexibility index (Phi) is 10.2. The van der Waals surface area contributed by atoms with Crippen LogP contribution in [0.4, 0.5) is 4.79 Å². The standard InChI is InChI=1S/C28H38N6O4/c1-20(2)11-14-28(22-9-5-4-6-10-22)25(36)34(26(29)33-28)18-8-7-15-31-24(35)23(32-27(37)38-3)19-21-12-16-30-17-13-21/h4-6,9-10,12-13,16-17,20,23H,7-8,11,14-15,18-19H2,1-3H3,(H2,29,33)(H,31,35)(H,32,37)/t23-,28?/m0/s1. The number of guanidine groups is 1. The number of rotatable bonds is 13. The first kappa shape index (κ1) is 28.6. The molecule has 0 aliphatic carbocycles. The second kappa shape index (κ2) is 13.6. The minimum Gasteiger partial charge on any atom is -0.453 e. The van der Waals surface area contributed by atoms with Crippen LogP contribution < -0.4 is 16.0 Å². The topological polar surface area (TPSA) is 137 Å². The van der Waals surface area contributed by atoms with E-state index in [4.69, 9.17) is 5.41 Å². The maximum atomic E-state index is 13.6. The molecule has 1 aromatic heterocycles. The number of hydrogen-bond acceptors (Lipinski definition) is 6. The first-order valence-corrected chi connectivity index (χ1v) is 13.0. The molecular weight excluding hydrogens is 484 g/mol. The van der Waals surface area contributed by atoms with Crippen molar-refractivity contribution in [1.29, 1.82) is 5.41 Å². The van der Waals surface area contributed by atoms with Crippen molar-refractivity contribution in [1.82, 2.24) is 25.8 Å². The van der Waals surface area contributed by atoms with Gasteiger partial charge in [0.05, 0.1) is 7.11 Å². The molecule has 38 heavy (non-hydrogen) atoms. The summed E-state index contributed by atoms with van der Waals surface area (Å²) < 4.78 is 4.66. The van der Waals surface area contributed by atoms with Crippen LogP contribution in [0.5, 0.6) is 0 Å². The van der Waals surface area contributed by atoms with Crippen molar-refractivity contribution in [3.05, 3.63) is 66.0 Å². The van der Waals surface area contributed by atoms with Crippen molar-refractivity contribution >= 4 is 23.9 Å². The zero-order valence-corrected chi connectivity index (χ0v) is 22.3. The zero-order chi connectivity index (χ0) is 27.5. The summed E-state index contributed by atoms with van der Waals surface area (Å²) in [6.07, 6.45) is 5.53. The predicted molar refractivity (Wildman–Crippen MR) is 144 cm³/mol. The molecule has 204 valence electrons. The molecule has 3 amide bonds. The molecule has 1 saturated heterocycles. The van der Waals surface area contributed by atoms with Crippen LogP contribution in [0, 0.1) is 11.3 Å². The molecule has 1 unspecified atom stereocenters. The predicted octanol–water partition coefficient (Wildman–Crippen LogP) is 2.94. The summed E-state index contributed by atoms with van der Waals surface area (Å²) in [6, 6.07) is 12.4. The highest BCUT2D eigenvalue weighted by atomic mass is 16.5. The summed E-state index contributed by atoms with van der Waals surface area (Å²) in [5.74, 6) is 0.0909. The van der Waals surface area contributed by atoms with Crippen LogP contribution >= 0.6 is 0 Å². The lowest BCUT2D eigenvalue weighted by Gasteiger charge is -2.28. The second-order valence-electron chi connectivity index (χ2n) is 9.88. The van der Waals surface area contributed by atoms with Gasteiger partial charge < -0.3 is 20.7 Å². The number of hydrogen-bond donors (Lipinski definition) is 4. The van der Waals surface area contributed by atoms with E-state index in [-0.39, 0.29) is 17.8 Å². The Morgan fingerprint density at radius 2 is 1.84 bits per heavy atom. The highest BCUT2D eigenvalue weighted by molar-refractivity contribution is 6.08. The number of nitrogens with one attached hydrogen (secondary N) is 4. The molecule has 4 N–H and O–H groups in total. The smallest absolute Gasteiger partial charge is 0.407 e. The van der Waals surface area contributed by atoms with Crippen molar-refractivity contribution < 1.29 is 19.1 Å².